The molecule has 0 saturated heterocycles. The van der Waals surface area contributed by atoms with Gasteiger partial charge in [-0.2, -0.15) is 0 Å². The van der Waals surface area contributed by atoms with Gasteiger partial charge in [0.15, 0.2) is 12.6 Å². The summed E-state index contributed by atoms with van der Waals surface area (Å²) in [5.74, 6) is 0.662. The second-order valence-electron chi connectivity index (χ2n) is 6.68. The van der Waals surface area contributed by atoms with Crippen LogP contribution < -0.4 is 21.1 Å². The van der Waals surface area contributed by atoms with Crippen molar-refractivity contribution in [3.05, 3.63) is 65.0 Å². The Hall–Kier alpha value is -2.37. The molecule has 0 saturated carbocycles. The van der Waals surface area contributed by atoms with Crippen molar-refractivity contribution in [3.8, 4) is 5.75 Å². The number of carbonyl (C=O) groups is 1. The third-order valence-corrected chi connectivity index (χ3v) is 5.50. The maximum Gasteiger partial charge on any atom is 0.255 e. The van der Waals surface area contributed by atoms with Gasteiger partial charge >= 0.3 is 0 Å². The van der Waals surface area contributed by atoms with Gasteiger partial charge in [0.25, 0.3) is 5.91 Å². The maximum absolute atomic E-state index is 10.9. The number of benzene rings is 2. The number of aliphatic hydroxyl groups is 1. The van der Waals surface area contributed by atoms with Gasteiger partial charge in [-0.25, -0.2) is 4.99 Å². The molecule has 0 spiro atoms. The molecular formula is C22H27IN4O3S. The lowest BCUT2D eigenvalue weighted by Crippen LogP contribution is -2.39. The highest BCUT2D eigenvalue weighted by molar-refractivity contribution is 14.0. The van der Waals surface area contributed by atoms with Crippen LogP contribution in [0.2, 0.25) is 0 Å². The van der Waals surface area contributed by atoms with E-state index in [0.717, 1.165) is 20.5 Å². The summed E-state index contributed by atoms with van der Waals surface area (Å²) in [6.07, 6.45) is -0.628. The van der Waals surface area contributed by atoms with Crippen LogP contribution in [0.4, 0.5) is 0 Å². The zero-order valence-corrected chi connectivity index (χ0v) is 20.4. The smallest absolute Gasteiger partial charge is 0.255 e. The van der Waals surface area contributed by atoms with E-state index in [4.69, 9.17) is 10.5 Å². The molecule has 166 valence electrons. The minimum Gasteiger partial charge on any atom is -0.484 e. The second-order valence-corrected chi connectivity index (χ2v) is 7.80. The van der Waals surface area contributed by atoms with Gasteiger partial charge in [-0.15, -0.1) is 35.3 Å². The molecule has 2 aromatic carbocycles. The van der Waals surface area contributed by atoms with E-state index < -0.39 is 12.0 Å². The summed E-state index contributed by atoms with van der Waals surface area (Å²) in [6, 6.07) is 17.5. The quantitative estimate of drug-likeness (QED) is 0.185. The third kappa shape index (κ3) is 7.67. The van der Waals surface area contributed by atoms with Crippen LogP contribution in [0.3, 0.4) is 0 Å². The molecule has 0 bridgehead atoms. The Morgan fingerprint density at radius 1 is 1.19 bits per heavy atom. The SMILES string of the molecule is CCNC(=NCc1cccc(OCC(N)=O)c1)NCC(O)c1cc2ccccc2s1.I. The molecule has 0 fully saturated rings. The van der Waals surface area contributed by atoms with Gasteiger partial charge in [0.2, 0.25) is 0 Å². The molecule has 0 aliphatic carbocycles. The van der Waals surface area contributed by atoms with Gasteiger partial charge in [0.1, 0.15) is 11.9 Å². The number of fused-ring (bicyclic) bond motifs is 1. The van der Waals surface area contributed by atoms with Crippen LogP contribution in [0.15, 0.2) is 59.6 Å². The van der Waals surface area contributed by atoms with E-state index >= 15 is 0 Å². The molecule has 0 radical (unpaired) electrons. The first-order valence-corrected chi connectivity index (χ1v) is 10.6. The molecule has 1 heterocycles. The van der Waals surface area contributed by atoms with Crippen molar-refractivity contribution in [1.82, 2.24) is 10.6 Å². The first-order valence-electron chi connectivity index (χ1n) is 9.74. The maximum atomic E-state index is 10.9. The van der Waals surface area contributed by atoms with E-state index in [-0.39, 0.29) is 30.6 Å². The Balaban J connectivity index is 0.00000341. The number of amides is 1. The van der Waals surface area contributed by atoms with E-state index in [9.17, 15) is 9.90 Å². The average Bonchev–Trinajstić information content (AvgIpc) is 3.19. The van der Waals surface area contributed by atoms with Gasteiger partial charge in [-0.3, -0.25) is 4.79 Å². The Kier molecular flexibility index (Phi) is 10.0. The van der Waals surface area contributed by atoms with Gasteiger partial charge in [-0.1, -0.05) is 30.3 Å². The number of hydrogen-bond acceptors (Lipinski definition) is 5. The highest BCUT2D eigenvalue weighted by Crippen LogP contribution is 2.29. The number of hydrogen-bond donors (Lipinski definition) is 4. The molecule has 1 atom stereocenters. The van der Waals surface area contributed by atoms with E-state index in [1.807, 2.05) is 49.4 Å². The van der Waals surface area contributed by atoms with Crippen LogP contribution in [0.25, 0.3) is 10.1 Å². The Labute approximate surface area is 202 Å². The number of halogens is 1. The number of primary amides is 1. The topological polar surface area (TPSA) is 109 Å². The third-order valence-electron chi connectivity index (χ3n) is 4.28. The lowest BCUT2D eigenvalue weighted by Gasteiger charge is -2.14. The van der Waals surface area contributed by atoms with Crippen LogP contribution in [0, 0.1) is 0 Å². The average molecular weight is 554 g/mol. The first kappa shape index (κ1) is 24.9. The van der Waals surface area contributed by atoms with Gasteiger partial charge in [0, 0.05) is 22.7 Å². The van der Waals surface area contributed by atoms with Crippen LogP contribution in [-0.4, -0.2) is 36.7 Å². The standard InChI is InChI=1S/C22H26N4O3S.HI/c1-2-24-22(25-12-15-6-5-8-17(10-15)29-14-21(23)28)26-13-18(27)20-11-16-7-3-4-9-19(16)30-20;/h3-11,18,27H,2,12-14H2,1H3,(H2,23,28)(H2,24,25,26);1H. The number of aliphatic imine (C=N–C) groups is 1. The molecular weight excluding hydrogens is 527 g/mol. The van der Waals surface area contributed by atoms with Crippen LogP contribution in [0.1, 0.15) is 23.5 Å². The molecule has 9 heteroatoms. The minimum atomic E-state index is -0.628. The van der Waals surface area contributed by atoms with E-state index in [1.54, 1.807) is 17.4 Å². The number of rotatable bonds is 9. The monoisotopic (exact) mass is 554 g/mol. The van der Waals surface area contributed by atoms with Crippen LogP contribution >= 0.6 is 35.3 Å². The van der Waals surface area contributed by atoms with Crippen molar-refractivity contribution in [2.45, 2.75) is 19.6 Å². The number of guanidine groups is 1. The summed E-state index contributed by atoms with van der Waals surface area (Å²) >= 11 is 1.59. The lowest BCUT2D eigenvalue weighted by atomic mass is 10.2. The van der Waals surface area contributed by atoms with Crippen molar-refractivity contribution >= 4 is 57.3 Å². The molecule has 3 rings (SSSR count). The molecule has 1 aromatic heterocycles. The molecule has 0 aliphatic heterocycles. The van der Waals surface area contributed by atoms with Gasteiger partial charge < -0.3 is 26.2 Å². The fourth-order valence-electron chi connectivity index (χ4n) is 2.86. The summed E-state index contributed by atoms with van der Waals surface area (Å²) in [5.41, 5.74) is 6.04. The number of aliphatic hydroxyl groups excluding tert-OH is 1. The molecule has 7 nitrogen and oxygen atoms in total. The summed E-state index contributed by atoms with van der Waals surface area (Å²) in [6.45, 7) is 3.29. The number of nitrogens with zero attached hydrogens (tertiary/aromatic N) is 1. The number of ether oxygens (including phenoxy) is 1. The minimum absolute atomic E-state index is 0. The molecule has 5 N–H and O–H groups in total. The number of carbonyl (C=O) groups excluding carboxylic acids is 1. The lowest BCUT2D eigenvalue weighted by molar-refractivity contribution is -0.119. The summed E-state index contributed by atoms with van der Waals surface area (Å²) in [5, 5.41) is 18.1. The number of nitrogens with one attached hydrogen (secondary N) is 2. The predicted octanol–water partition coefficient (Wildman–Crippen LogP) is 3.17. The van der Waals surface area contributed by atoms with E-state index in [2.05, 4.69) is 21.7 Å². The van der Waals surface area contributed by atoms with E-state index in [0.29, 0.717) is 31.3 Å². The zero-order chi connectivity index (χ0) is 21.3. The Morgan fingerprint density at radius 3 is 2.74 bits per heavy atom. The van der Waals surface area contributed by atoms with Crippen molar-refractivity contribution in [1.29, 1.82) is 0 Å². The highest BCUT2D eigenvalue weighted by Gasteiger charge is 2.12. The zero-order valence-electron chi connectivity index (χ0n) is 17.2. The van der Waals surface area contributed by atoms with Crippen LogP contribution in [0.5, 0.6) is 5.75 Å². The predicted molar refractivity (Wildman–Crippen MR) is 136 cm³/mol. The summed E-state index contributed by atoms with van der Waals surface area (Å²) < 4.78 is 6.49. The Bertz CT molecular complexity index is 992. The fourth-order valence-corrected chi connectivity index (χ4v) is 3.91. The molecule has 0 aliphatic rings. The highest BCUT2D eigenvalue weighted by atomic mass is 127. The van der Waals surface area contributed by atoms with Crippen molar-refractivity contribution < 1.29 is 14.6 Å². The Morgan fingerprint density at radius 2 is 2.00 bits per heavy atom. The van der Waals surface area contributed by atoms with E-state index in [1.165, 1.54) is 0 Å². The summed E-state index contributed by atoms with van der Waals surface area (Å²) in [7, 11) is 0. The van der Waals surface area contributed by atoms with Crippen LogP contribution in [-0.2, 0) is 11.3 Å². The van der Waals surface area contributed by atoms with Gasteiger partial charge in [0.05, 0.1) is 6.54 Å². The molecule has 31 heavy (non-hydrogen) atoms. The van der Waals surface area contributed by atoms with Crippen molar-refractivity contribution in [2.24, 2.45) is 10.7 Å². The normalized spacial score (nSPS) is 12.1. The van der Waals surface area contributed by atoms with Gasteiger partial charge in [-0.05, 0) is 42.1 Å². The largest absolute Gasteiger partial charge is 0.484 e. The molecule has 1 unspecified atom stereocenters. The fraction of sp³-hybridized carbons (Fsp3) is 0.273. The molecule has 1 amide bonds. The molecule has 3 aromatic rings. The number of thiophene rings is 1. The van der Waals surface area contributed by atoms with Crippen molar-refractivity contribution in [3.63, 3.8) is 0 Å². The van der Waals surface area contributed by atoms with Crippen molar-refractivity contribution in [2.75, 3.05) is 19.7 Å². The second kappa shape index (κ2) is 12.5. The summed E-state index contributed by atoms with van der Waals surface area (Å²) in [4.78, 5) is 16.3. The first-order chi connectivity index (χ1) is 14.5. The number of nitrogens with two attached hydrogens (primary N) is 1.